The van der Waals surface area contributed by atoms with Crippen molar-refractivity contribution in [1.29, 1.82) is 0 Å². The molecule has 2 aromatic heterocycles. The third-order valence-corrected chi connectivity index (χ3v) is 3.91. The molecule has 0 aromatic carbocycles. The second kappa shape index (κ2) is 3.59. The van der Waals surface area contributed by atoms with Crippen LogP contribution in [-0.4, -0.2) is 10.1 Å². The fourth-order valence-corrected chi connectivity index (χ4v) is 2.66. The van der Waals surface area contributed by atoms with E-state index in [0.717, 1.165) is 21.3 Å². The minimum Gasteiger partial charge on any atom is -0.390 e. The summed E-state index contributed by atoms with van der Waals surface area (Å²) in [6.45, 7) is 2.02. The summed E-state index contributed by atoms with van der Waals surface area (Å²) in [6.07, 6.45) is 3.63. The zero-order valence-electron chi connectivity index (χ0n) is 9.06. The van der Waals surface area contributed by atoms with Gasteiger partial charge in [0.05, 0.1) is 10.6 Å². The first-order valence-electron chi connectivity index (χ1n) is 5.44. The zero-order chi connectivity index (χ0) is 11.1. The summed E-state index contributed by atoms with van der Waals surface area (Å²) in [7, 11) is 0. The predicted octanol–water partition coefficient (Wildman–Crippen LogP) is 2.96. The fourth-order valence-electron chi connectivity index (χ4n) is 1.88. The Morgan fingerprint density at radius 3 is 2.88 bits per heavy atom. The number of anilines is 1. The molecule has 0 spiro atoms. The first-order chi connectivity index (χ1) is 7.74. The smallest absolute Gasteiger partial charge is 0.260 e. The molecule has 3 rings (SSSR count). The van der Waals surface area contributed by atoms with Gasteiger partial charge < -0.3 is 10.3 Å². The lowest BCUT2D eigenvalue weighted by Gasteiger charge is -2.20. The van der Waals surface area contributed by atoms with Crippen molar-refractivity contribution in [2.75, 3.05) is 5.73 Å². The zero-order valence-corrected chi connectivity index (χ0v) is 9.88. The molecule has 4 nitrogen and oxygen atoms in total. The molecule has 0 atom stereocenters. The SMILES string of the molecule is Cc1cc(-c2nc(C3CCC3)no2)c(N)s1. The Morgan fingerprint density at radius 1 is 1.50 bits per heavy atom. The van der Waals surface area contributed by atoms with Crippen LogP contribution in [0.5, 0.6) is 0 Å². The molecule has 2 heterocycles. The highest BCUT2D eigenvalue weighted by Crippen LogP contribution is 2.37. The summed E-state index contributed by atoms with van der Waals surface area (Å²) >= 11 is 1.55. The van der Waals surface area contributed by atoms with Gasteiger partial charge in [-0.1, -0.05) is 11.6 Å². The van der Waals surface area contributed by atoms with E-state index in [1.807, 2.05) is 13.0 Å². The maximum absolute atomic E-state index is 5.90. The number of aromatic nitrogens is 2. The van der Waals surface area contributed by atoms with Crippen molar-refractivity contribution >= 4 is 16.3 Å². The lowest BCUT2D eigenvalue weighted by molar-refractivity contribution is 0.366. The van der Waals surface area contributed by atoms with Crippen LogP contribution in [0.3, 0.4) is 0 Å². The average Bonchev–Trinajstić information content (AvgIpc) is 2.70. The fraction of sp³-hybridized carbons (Fsp3) is 0.455. The van der Waals surface area contributed by atoms with Gasteiger partial charge in [-0.15, -0.1) is 11.3 Å². The Labute approximate surface area is 97.5 Å². The molecule has 0 bridgehead atoms. The van der Waals surface area contributed by atoms with Gasteiger partial charge in [0.15, 0.2) is 5.82 Å². The predicted molar refractivity (Wildman–Crippen MR) is 63.4 cm³/mol. The van der Waals surface area contributed by atoms with E-state index in [9.17, 15) is 0 Å². The highest BCUT2D eigenvalue weighted by Gasteiger charge is 2.25. The monoisotopic (exact) mass is 235 g/mol. The van der Waals surface area contributed by atoms with Crippen molar-refractivity contribution < 1.29 is 4.52 Å². The number of hydrogen-bond acceptors (Lipinski definition) is 5. The van der Waals surface area contributed by atoms with E-state index >= 15 is 0 Å². The number of nitrogen functional groups attached to an aromatic ring is 1. The maximum atomic E-state index is 5.90. The van der Waals surface area contributed by atoms with E-state index in [1.54, 1.807) is 11.3 Å². The van der Waals surface area contributed by atoms with Crippen molar-refractivity contribution in [3.63, 3.8) is 0 Å². The Bertz CT molecular complexity index is 513. The average molecular weight is 235 g/mol. The molecule has 5 heteroatoms. The van der Waals surface area contributed by atoms with E-state index in [4.69, 9.17) is 10.3 Å². The van der Waals surface area contributed by atoms with Gasteiger partial charge in [0.25, 0.3) is 5.89 Å². The lowest BCUT2D eigenvalue weighted by atomic mass is 9.85. The summed E-state index contributed by atoms with van der Waals surface area (Å²) in [5, 5.41) is 4.78. The number of nitrogens with two attached hydrogens (primary N) is 1. The van der Waals surface area contributed by atoms with Crippen molar-refractivity contribution in [2.45, 2.75) is 32.1 Å². The molecule has 2 aromatic rings. The third-order valence-electron chi connectivity index (χ3n) is 3.03. The van der Waals surface area contributed by atoms with Gasteiger partial charge in [-0.05, 0) is 25.8 Å². The molecular formula is C11H13N3OS. The summed E-state index contributed by atoms with van der Waals surface area (Å²) in [5.41, 5.74) is 6.77. The van der Waals surface area contributed by atoms with Crippen LogP contribution in [0, 0.1) is 6.92 Å². The van der Waals surface area contributed by atoms with Gasteiger partial charge in [0, 0.05) is 10.8 Å². The van der Waals surface area contributed by atoms with Crippen LogP contribution in [0.15, 0.2) is 10.6 Å². The van der Waals surface area contributed by atoms with Crippen LogP contribution in [0.25, 0.3) is 11.5 Å². The van der Waals surface area contributed by atoms with E-state index in [0.29, 0.717) is 11.8 Å². The second-order valence-corrected chi connectivity index (χ2v) is 5.51. The quantitative estimate of drug-likeness (QED) is 0.869. The van der Waals surface area contributed by atoms with Crippen LogP contribution in [-0.2, 0) is 0 Å². The lowest BCUT2D eigenvalue weighted by Crippen LogP contribution is -2.10. The minimum absolute atomic E-state index is 0.499. The molecule has 1 fully saturated rings. The van der Waals surface area contributed by atoms with Crippen LogP contribution in [0.4, 0.5) is 5.00 Å². The molecule has 1 aliphatic rings. The molecule has 2 N–H and O–H groups in total. The van der Waals surface area contributed by atoms with Crippen molar-refractivity contribution in [1.82, 2.24) is 10.1 Å². The minimum atomic E-state index is 0.499. The first kappa shape index (κ1) is 9.84. The van der Waals surface area contributed by atoms with E-state index in [2.05, 4.69) is 10.1 Å². The number of hydrogen-bond donors (Lipinski definition) is 1. The number of rotatable bonds is 2. The summed E-state index contributed by atoms with van der Waals surface area (Å²) in [6, 6.07) is 2.00. The highest BCUT2D eigenvalue weighted by molar-refractivity contribution is 7.16. The van der Waals surface area contributed by atoms with Gasteiger partial charge in [-0.2, -0.15) is 4.98 Å². The van der Waals surface area contributed by atoms with Crippen LogP contribution in [0.1, 0.15) is 35.9 Å². The standard InChI is InChI=1S/C11H13N3OS/c1-6-5-8(9(12)16-6)11-13-10(14-15-11)7-3-2-4-7/h5,7H,2-4,12H2,1H3. The van der Waals surface area contributed by atoms with Gasteiger partial charge in [-0.3, -0.25) is 0 Å². The Hall–Kier alpha value is -1.36. The summed E-state index contributed by atoms with van der Waals surface area (Å²) in [5.74, 6) is 1.90. The molecule has 0 saturated heterocycles. The van der Waals surface area contributed by atoms with Gasteiger partial charge in [-0.25, -0.2) is 0 Å². The molecule has 84 valence electrons. The molecule has 1 saturated carbocycles. The molecule has 16 heavy (non-hydrogen) atoms. The topological polar surface area (TPSA) is 64.9 Å². The molecule has 0 unspecified atom stereocenters. The largest absolute Gasteiger partial charge is 0.390 e. The normalized spacial score (nSPS) is 16.3. The van der Waals surface area contributed by atoms with Crippen LogP contribution >= 0.6 is 11.3 Å². The first-order valence-corrected chi connectivity index (χ1v) is 6.25. The van der Waals surface area contributed by atoms with Gasteiger partial charge in [0.1, 0.15) is 0 Å². The van der Waals surface area contributed by atoms with Gasteiger partial charge >= 0.3 is 0 Å². The van der Waals surface area contributed by atoms with Crippen molar-refractivity contribution in [3.8, 4) is 11.5 Å². The van der Waals surface area contributed by atoms with Crippen molar-refractivity contribution in [3.05, 3.63) is 16.8 Å². The Kier molecular flexibility index (Phi) is 2.21. The molecule has 1 aliphatic carbocycles. The van der Waals surface area contributed by atoms with Crippen LogP contribution in [0.2, 0.25) is 0 Å². The third kappa shape index (κ3) is 1.51. The summed E-state index contributed by atoms with van der Waals surface area (Å²) < 4.78 is 5.27. The van der Waals surface area contributed by atoms with E-state index < -0.39 is 0 Å². The number of thiophene rings is 1. The molecular weight excluding hydrogens is 222 g/mol. The number of aryl methyl sites for hydroxylation is 1. The second-order valence-electron chi connectivity index (χ2n) is 4.22. The number of nitrogens with zero attached hydrogens (tertiary/aromatic N) is 2. The van der Waals surface area contributed by atoms with Gasteiger partial charge in [0.2, 0.25) is 0 Å². The van der Waals surface area contributed by atoms with E-state index in [1.165, 1.54) is 19.3 Å². The Balaban J connectivity index is 1.94. The maximum Gasteiger partial charge on any atom is 0.260 e. The van der Waals surface area contributed by atoms with Crippen LogP contribution < -0.4 is 5.73 Å². The molecule has 0 aliphatic heterocycles. The Morgan fingerprint density at radius 2 is 2.31 bits per heavy atom. The van der Waals surface area contributed by atoms with E-state index in [-0.39, 0.29) is 0 Å². The molecule has 0 radical (unpaired) electrons. The highest BCUT2D eigenvalue weighted by atomic mass is 32.1. The summed E-state index contributed by atoms with van der Waals surface area (Å²) in [4.78, 5) is 5.59. The molecule has 0 amide bonds. The van der Waals surface area contributed by atoms with Crippen molar-refractivity contribution in [2.24, 2.45) is 0 Å².